The van der Waals surface area contributed by atoms with Gasteiger partial charge in [-0.1, -0.05) is 0 Å². The number of fused-ring (bicyclic) bond motifs is 1. The maximum absolute atomic E-state index is 14.9. The number of nitrogens with zero attached hydrogens (tertiary/aromatic N) is 7. The standard InChI is InChI=1S/C24H25F4N9O2/c1-39-17-6-13(25)12(5-14(17)26)15-7-31-16(8-37-11-34-18-21(29)32-10-33-23(18)37)22(35-15)36-4-2-3-24(30,9-36)19(38)20(27)28/h5-7,10-11,19-20,38H,2-4,8-9,30H2,1H3,(H2,29,32,33)/t19-,24-/m1/s1. The Labute approximate surface area is 219 Å². The van der Waals surface area contributed by atoms with Crippen LogP contribution >= 0.6 is 0 Å². The van der Waals surface area contributed by atoms with E-state index in [1.54, 1.807) is 9.47 Å². The highest BCUT2D eigenvalue weighted by atomic mass is 19.3. The fraction of sp³-hybridized carbons (Fsp3) is 0.375. The van der Waals surface area contributed by atoms with E-state index >= 15 is 0 Å². The van der Waals surface area contributed by atoms with Gasteiger partial charge in [0.1, 0.15) is 29.5 Å². The number of imidazole rings is 1. The minimum atomic E-state index is -3.05. The number of piperidine rings is 1. The van der Waals surface area contributed by atoms with Crippen molar-refractivity contribution in [3.63, 3.8) is 0 Å². The van der Waals surface area contributed by atoms with Gasteiger partial charge in [0, 0.05) is 24.7 Å². The Morgan fingerprint density at radius 1 is 1.15 bits per heavy atom. The van der Waals surface area contributed by atoms with Crippen LogP contribution < -0.4 is 21.1 Å². The minimum absolute atomic E-state index is 0.00235. The predicted octanol–water partition coefficient (Wildman–Crippen LogP) is 2.12. The van der Waals surface area contributed by atoms with E-state index in [0.29, 0.717) is 29.8 Å². The van der Waals surface area contributed by atoms with Crippen molar-refractivity contribution >= 4 is 22.8 Å². The number of aliphatic hydroxyl groups is 1. The summed E-state index contributed by atoms with van der Waals surface area (Å²) in [5.74, 6) is -1.50. The number of aliphatic hydroxyl groups excluding tert-OH is 1. The first kappa shape index (κ1) is 26.5. The first-order valence-electron chi connectivity index (χ1n) is 11.9. The summed E-state index contributed by atoms with van der Waals surface area (Å²) in [5, 5.41) is 10.2. The average Bonchev–Trinajstić information content (AvgIpc) is 3.33. The van der Waals surface area contributed by atoms with Crippen LogP contribution in [-0.2, 0) is 6.54 Å². The molecule has 5 N–H and O–H groups in total. The number of aromatic nitrogens is 6. The van der Waals surface area contributed by atoms with Crippen molar-refractivity contribution in [2.24, 2.45) is 5.73 Å². The van der Waals surface area contributed by atoms with Crippen LogP contribution in [0.3, 0.4) is 0 Å². The number of hydrogen-bond acceptors (Lipinski definition) is 10. The van der Waals surface area contributed by atoms with Gasteiger partial charge in [-0.15, -0.1) is 0 Å². The number of alkyl halides is 2. The summed E-state index contributed by atoms with van der Waals surface area (Å²) in [6, 6.07) is 1.83. The Morgan fingerprint density at radius 3 is 2.69 bits per heavy atom. The third kappa shape index (κ3) is 4.90. The van der Waals surface area contributed by atoms with Crippen LogP contribution in [0.4, 0.5) is 29.2 Å². The van der Waals surface area contributed by atoms with Gasteiger partial charge < -0.3 is 30.8 Å². The molecule has 5 rings (SSSR count). The van der Waals surface area contributed by atoms with Gasteiger partial charge in [-0.3, -0.25) is 4.98 Å². The topological polar surface area (TPSA) is 154 Å². The largest absolute Gasteiger partial charge is 0.494 e. The molecule has 4 heterocycles. The third-order valence-corrected chi connectivity index (χ3v) is 6.78. The van der Waals surface area contributed by atoms with E-state index in [9.17, 15) is 22.7 Å². The normalized spacial score (nSPS) is 18.6. The van der Waals surface area contributed by atoms with E-state index in [1.807, 2.05) is 0 Å². The Hall–Kier alpha value is -4.11. The molecule has 1 saturated heterocycles. The highest BCUT2D eigenvalue weighted by molar-refractivity contribution is 5.81. The maximum Gasteiger partial charge on any atom is 0.265 e. The molecule has 1 aliphatic heterocycles. The molecule has 206 valence electrons. The minimum Gasteiger partial charge on any atom is -0.494 e. The quantitative estimate of drug-likeness (QED) is 0.293. The molecule has 15 heteroatoms. The molecule has 2 atom stereocenters. The van der Waals surface area contributed by atoms with Gasteiger partial charge >= 0.3 is 0 Å². The van der Waals surface area contributed by atoms with E-state index in [4.69, 9.17) is 16.2 Å². The van der Waals surface area contributed by atoms with Crippen molar-refractivity contribution in [3.8, 4) is 17.0 Å². The van der Waals surface area contributed by atoms with Crippen molar-refractivity contribution < 1.29 is 27.4 Å². The zero-order chi connectivity index (χ0) is 27.9. The smallest absolute Gasteiger partial charge is 0.265 e. The number of halogens is 4. The van der Waals surface area contributed by atoms with E-state index in [2.05, 4.69) is 24.9 Å². The van der Waals surface area contributed by atoms with Crippen molar-refractivity contribution in [2.75, 3.05) is 30.8 Å². The van der Waals surface area contributed by atoms with Crippen LogP contribution in [0.15, 0.2) is 31.0 Å². The first-order chi connectivity index (χ1) is 18.6. The van der Waals surface area contributed by atoms with Crippen LogP contribution in [0.2, 0.25) is 0 Å². The maximum atomic E-state index is 14.9. The Morgan fingerprint density at radius 2 is 1.95 bits per heavy atom. The SMILES string of the molecule is COc1cc(F)c(-c2cnc(Cn3cnc4c(N)ncnc43)c(N3CCC[C@](N)([C@H](O)C(F)F)C3)n2)cc1F. The molecular weight excluding hydrogens is 522 g/mol. The van der Waals surface area contributed by atoms with Crippen LogP contribution in [-0.4, -0.2) is 72.9 Å². The molecule has 0 amide bonds. The van der Waals surface area contributed by atoms with Gasteiger partial charge in [-0.25, -0.2) is 37.5 Å². The Kier molecular flexibility index (Phi) is 6.94. The van der Waals surface area contributed by atoms with E-state index in [0.717, 1.165) is 12.1 Å². The highest BCUT2D eigenvalue weighted by Gasteiger charge is 2.43. The number of nitrogen functional groups attached to an aromatic ring is 1. The van der Waals surface area contributed by atoms with Crippen molar-refractivity contribution in [3.05, 3.63) is 48.3 Å². The Bertz CT molecular complexity index is 1520. The van der Waals surface area contributed by atoms with Crippen LogP contribution in [0.25, 0.3) is 22.4 Å². The lowest BCUT2D eigenvalue weighted by atomic mass is 9.84. The lowest BCUT2D eigenvalue weighted by Crippen LogP contribution is -2.63. The molecule has 0 unspecified atom stereocenters. The van der Waals surface area contributed by atoms with Gasteiger partial charge in [0.05, 0.1) is 37.4 Å². The molecule has 0 spiro atoms. The van der Waals surface area contributed by atoms with Crippen LogP contribution in [0, 0.1) is 11.6 Å². The molecule has 4 aromatic rings. The van der Waals surface area contributed by atoms with Crippen molar-refractivity contribution in [2.45, 2.75) is 37.5 Å². The van der Waals surface area contributed by atoms with E-state index in [1.165, 1.54) is 26.0 Å². The summed E-state index contributed by atoms with van der Waals surface area (Å²) < 4.78 is 62.7. The molecule has 11 nitrogen and oxygen atoms in total. The number of hydrogen-bond donors (Lipinski definition) is 3. The second-order valence-electron chi connectivity index (χ2n) is 9.33. The van der Waals surface area contributed by atoms with E-state index < -0.39 is 29.7 Å². The van der Waals surface area contributed by atoms with Crippen LogP contribution in [0.5, 0.6) is 5.75 Å². The number of anilines is 2. The lowest BCUT2D eigenvalue weighted by Gasteiger charge is -2.43. The summed E-state index contributed by atoms with van der Waals surface area (Å²) in [6.07, 6.45) is -0.564. The van der Waals surface area contributed by atoms with Gasteiger partial charge in [0.2, 0.25) is 0 Å². The number of nitrogens with two attached hydrogens (primary N) is 2. The lowest BCUT2D eigenvalue weighted by molar-refractivity contribution is -0.0530. The summed E-state index contributed by atoms with van der Waals surface area (Å²) in [7, 11) is 1.21. The van der Waals surface area contributed by atoms with Gasteiger partial charge in [-0.2, -0.15) is 0 Å². The summed E-state index contributed by atoms with van der Waals surface area (Å²) >= 11 is 0. The number of methoxy groups -OCH3 is 1. The summed E-state index contributed by atoms with van der Waals surface area (Å²) in [5.41, 5.74) is 11.5. The number of benzene rings is 1. The predicted molar refractivity (Wildman–Crippen MR) is 133 cm³/mol. The molecule has 1 aliphatic rings. The molecule has 1 fully saturated rings. The average molecular weight is 548 g/mol. The fourth-order valence-electron chi connectivity index (χ4n) is 4.74. The Balaban J connectivity index is 1.60. The van der Waals surface area contributed by atoms with Crippen LogP contribution in [0.1, 0.15) is 18.5 Å². The monoisotopic (exact) mass is 547 g/mol. The summed E-state index contributed by atoms with van der Waals surface area (Å²) in [4.78, 5) is 23.0. The second-order valence-corrected chi connectivity index (χ2v) is 9.33. The highest BCUT2D eigenvalue weighted by Crippen LogP contribution is 2.33. The number of ether oxygens (including phenoxy) is 1. The molecule has 39 heavy (non-hydrogen) atoms. The van der Waals surface area contributed by atoms with Gasteiger partial charge in [-0.05, 0) is 18.9 Å². The molecule has 3 aromatic heterocycles. The van der Waals surface area contributed by atoms with Gasteiger partial charge in [0.15, 0.2) is 28.8 Å². The zero-order valence-corrected chi connectivity index (χ0v) is 20.7. The van der Waals surface area contributed by atoms with Crippen molar-refractivity contribution in [1.29, 1.82) is 0 Å². The fourth-order valence-corrected chi connectivity index (χ4v) is 4.74. The van der Waals surface area contributed by atoms with Crippen molar-refractivity contribution in [1.82, 2.24) is 29.5 Å². The molecule has 0 aliphatic carbocycles. The zero-order valence-electron chi connectivity index (χ0n) is 20.7. The molecule has 1 aromatic carbocycles. The molecule has 0 saturated carbocycles. The third-order valence-electron chi connectivity index (χ3n) is 6.78. The molecule has 0 bridgehead atoms. The molecule has 0 radical (unpaired) electrons. The van der Waals surface area contributed by atoms with E-state index in [-0.39, 0.29) is 48.2 Å². The number of rotatable bonds is 7. The first-order valence-corrected chi connectivity index (χ1v) is 11.9. The summed E-state index contributed by atoms with van der Waals surface area (Å²) in [6.45, 7) is 0.239. The van der Waals surface area contributed by atoms with Gasteiger partial charge in [0.25, 0.3) is 6.43 Å². The second kappa shape index (κ2) is 10.2. The molecular formula is C24H25F4N9O2.